The van der Waals surface area contributed by atoms with Gasteiger partial charge in [-0.1, -0.05) is 48.0 Å². The molecule has 23 heavy (non-hydrogen) atoms. The minimum Gasteiger partial charge on any atom is -0.325 e. The largest absolute Gasteiger partial charge is 0.325 e. The van der Waals surface area contributed by atoms with Gasteiger partial charge in [-0.05, 0) is 24.6 Å². The smallest absolute Gasteiger partial charge is 0.230 e. The Morgan fingerprint density at radius 2 is 1.96 bits per heavy atom. The van der Waals surface area contributed by atoms with Gasteiger partial charge in [0.15, 0.2) is 0 Å². The van der Waals surface area contributed by atoms with Crippen molar-refractivity contribution >= 4 is 34.5 Å². The van der Waals surface area contributed by atoms with E-state index in [9.17, 15) is 4.79 Å². The Morgan fingerprint density at radius 1 is 1.17 bits per heavy atom. The first-order valence-corrected chi connectivity index (χ1v) is 8.44. The lowest BCUT2D eigenvalue weighted by molar-refractivity contribution is -0.115. The topological polar surface area (TPSA) is 42.0 Å². The van der Waals surface area contributed by atoms with E-state index in [-0.39, 0.29) is 12.3 Å². The predicted molar refractivity (Wildman–Crippen MR) is 96.1 cm³/mol. The van der Waals surface area contributed by atoms with Crippen LogP contribution in [-0.4, -0.2) is 10.9 Å². The molecular formula is C18H15ClN2OS. The summed E-state index contributed by atoms with van der Waals surface area (Å²) in [7, 11) is 0. The Hall–Kier alpha value is -2.17. The highest BCUT2D eigenvalue weighted by Crippen LogP contribution is 2.25. The Morgan fingerprint density at radius 3 is 2.74 bits per heavy atom. The molecule has 1 N–H and O–H groups in total. The van der Waals surface area contributed by atoms with Crippen molar-refractivity contribution in [1.82, 2.24) is 4.98 Å². The van der Waals surface area contributed by atoms with Crippen LogP contribution in [0.4, 0.5) is 5.69 Å². The van der Waals surface area contributed by atoms with Crippen LogP contribution in [0.1, 0.15) is 11.3 Å². The van der Waals surface area contributed by atoms with Gasteiger partial charge in [-0.25, -0.2) is 4.98 Å². The molecule has 1 amide bonds. The third kappa shape index (κ3) is 3.78. The zero-order valence-electron chi connectivity index (χ0n) is 12.5. The summed E-state index contributed by atoms with van der Waals surface area (Å²) in [6.07, 6.45) is 0.245. The van der Waals surface area contributed by atoms with Crippen molar-refractivity contribution in [1.29, 1.82) is 0 Å². The molecule has 116 valence electrons. The summed E-state index contributed by atoms with van der Waals surface area (Å²) in [6.45, 7) is 1.88. The average molecular weight is 343 g/mol. The van der Waals surface area contributed by atoms with Crippen LogP contribution < -0.4 is 5.32 Å². The zero-order chi connectivity index (χ0) is 16.2. The van der Waals surface area contributed by atoms with Crippen LogP contribution in [-0.2, 0) is 11.2 Å². The summed E-state index contributed by atoms with van der Waals surface area (Å²) in [5, 5.41) is 6.38. The van der Waals surface area contributed by atoms with E-state index in [0.29, 0.717) is 5.02 Å². The Labute approximate surface area is 144 Å². The second kappa shape index (κ2) is 6.94. The van der Waals surface area contributed by atoms with E-state index in [0.717, 1.165) is 27.5 Å². The second-order valence-electron chi connectivity index (χ2n) is 5.15. The van der Waals surface area contributed by atoms with E-state index < -0.39 is 0 Å². The number of benzene rings is 2. The maximum absolute atomic E-state index is 12.2. The Bertz CT molecular complexity index is 830. The summed E-state index contributed by atoms with van der Waals surface area (Å²) >= 11 is 7.61. The molecule has 0 radical (unpaired) electrons. The van der Waals surface area contributed by atoms with Crippen molar-refractivity contribution in [3.63, 3.8) is 0 Å². The summed E-state index contributed by atoms with van der Waals surface area (Å²) in [5.41, 5.74) is 3.44. The lowest BCUT2D eigenvalue weighted by Gasteiger charge is -2.08. The lowest BCUT2D eigenvalue weighted by Crippen LogP contribution is -2.15. The van der Waals surface area contributed by atoms with Crippen molar-refractivity contribution < 1.29 is 4.79 Å². The highest BCUT2D eigenvalue weighted by atomic mass is 35.5. The first kappa shape index (κ1) is 15.7. The molecule has 0 aliphatic heterocycles. The number of nitrogens with one attached hydrogen (secondary N) is 1. The predicted octanol–water partition coefficient (Wildman–Crippen LogP) is 4.95. The quantitative estimate of drug-likeness (QED) is 0.728. The zero-order valence-corrected chi connectivity index (χ0v) is 14.1. The SMILES string of the molecule is Cc1c(Cl)cccc1NC(=O)Cc1csc(-c2ccccc2)n1. The molecule has 0 atom stereocenters. The fourth-order valence-electron chi connectivity index (χ4n) is 2.20. The number of hydrogen-bond acceptors (Lipinski definition) is 3. The summed E-state index contributed by atoms with van der Waals surface area (Å²) < 4.78 is 0. The van der Waals surface area contributed by atoms with Gasteiger partial charge in [0, 0.05) is 21.7 Å². The lowest BCUT2D eigenvalue weighted by atomic mass is 10.2. The van der Waals surface area contributed by atoms with Crippen LogP contribution in [0, 0.1) is 6.92 Å². The Balaban J connectivity index is 1.69. The number of thiazole rings is 1. The van der Waals surface area contributed by atoms with Gasteiger partial charge in [0.1, 0.15) is 5.01 Å². The first-order chi connectivity index (χ1) is 11.1. The van der Waals surface area contributed by atoms with Gasteiger partial charge < -0.3 is 5.32 Å². The molecule has 0 saturated carbocycles. The summed E-state index contributed by atoms with van der Waals surface area (Å²) in [6, 6.07) is 15.4. The number of hydrogen-bond donors (Lipinski definition) is 1. The fourth-order valence-corrected chi connectivity index (χ4v) is 3.20. The van der Waals surface area contributed by atoms with E-state index in [1.54, 1.807) is 17.4 Å². The maximum Gasteiger partial charge on any atom is 0.230 e. The Kier molecular flexibility index (Phi) is 4.74. The van der Waals surface area contributed by atoms with Crippen LogP contribution in [0.25, 0.3) is 10.6 Å². The summed E-state index contributed by atoms with van der Waals surface area (Å²) in [4.78, 5) is 16.7. The van der Waals surface area contributed by atoms with Crippen LogP contribution in [0.5, 0.6) is 0 Å². The van der Waals surface area contributed by atoms with Crippen molar-refractivity contribution in [2.45, 2.75) is 13.3 Å². The van der Waals surface area contributed by atoms with Crippen LogP contribution >= 0.6 is 22.9 Å². The molecule has 1 heterocycles. The van der Waals surface area contributed by atoms with Gasteiger partial charge in [-0.3, -0.25) is 4.79 Å². The molecule has 0 fully saturated rings. The van der Waals surface area contributed by atoms with Gasteiger partial charge in [0.2, 0.25) is 5.91 Å². The van der Waals surface area contributed by atoms with E-state index in [2.05, 4.69) is 10.3 Å². The minimum atomic E-state index is -0.0970. The van der Waals surface area contributed by atoms with Crippen LogP contribution in [0.3, 0.4) is 0 Å². The average Bonchev–Trinajstić information content (AvgIpc) is 3.01. The monoisotopic (exact) mass is 342 g/mol. The standard InChI is InChI=1S/C18H15ClN2OS/c1-12-15(19)8-5-9-16(12)21-17(22)10-14-11-23-18(20-14)13-6-3-2-4-7-13/h2-9,11H,10H2,1H3,(H,21,22). The van der Waals surface area contributed by atoms with Gasteiger partial charge in [0.05, 0.1) is 12.1 Å². The number of anilines is 1. The van der Waals surface area contributed by atoms with E-state index in [4.69, 9.17) is 11.6 Å². The molecule has 0 spiro atoms. The van der Waals surface area contributed by atoms with Gasteiger partial charge in [0.25, 0.3) is 0 Å². The number of amides is 1. The molecule has 0 unspecified atom stereocenters. The van der Waals surface area contributed by atoms with Crippen molar-refractivity contribution in [3.05, 3.63) is 70.2 Å². The number of nitrogens with zero attached hydrogens (tertiary/aromatic N) is 1. The number of carbonyl (C=O) groups excluding carboxylic acids is 1. The summed E-state index contributed by atoms with van der Waals surface area (Å²) in [5.74, 6) is -0.0970. The highest BCUT2D eigenvalue weighted by molar-refractivity contribution is 7.13. The molecule has 3 rings (SSSR count). The van der Waals surface area contributed by atoms with E-state index >= 15 is 0 Å². The highest BCUT2D eigenvalue weighted by Gasteiger charge is 2.11. The number of rotatable bonds is 4. The molecule has 3 nitrogen and oxygen atoms in total. The third-order valence-electron chi connectivity index (χ3n) is 3.46. The van der Waals surface area contributed by atoms with Crippen LogP contribution in [0.15, 0.2) is 53.9 Å². The maximum atomic E-state index is 12.2. The number of aromatic nitrogens is 1. The molecule has 0 saturated heterocycles. The molecule has 3 aromatic rings. The third-order valence-corrected chi connectivity index (χ3v) is 4.81. The number of carbonyl (C=O) groups is 1. The van der Waals surface area contributed by atoms with Crippen molar-refractivity contribution in [3.8, 4) is 10.6 Å². The molecular weight excluding hydrogens is 328 g/mol. The number of halogens is 1. The molecule has 0 bridgehead atoms. The van der Waals surface area contributed by atoms with Gasteiger partial charge in [-0.2, -0.15) is 0 Å². The van der Waals surface area contributed by atoms with E-state index in [1.807, 2.05) is 54.8 Å². The fraction of sp³-hybridized carbons (Fsp3) is 0.111. The van der Waals surface area contributed by atoms with Gasteiger partial charge in [-0.15, -0.1) is 11.3 Å². The minimum absolute atomic E-state index is 0.0970. The molecule has 0 aliphatic carbocycles. The van der Waals surface area contributed by atoms with Crippen LogP contribution in [0.2, 0.25) is 5.02 Å². The van der Waals surface area contributed by atoms with Gasteiger partial charge >= 0.3 is 0 Å². The normalized spacial score (nSPS) is 10.5. The molecule has 1 aromatic heterocycles. The van der Waals surface area contributed by atoms with E-state index in [1.165, 1.54) is 0 Å². The molecule has 5 heteroatoms. The second-order valence-corrected chi connectivity index (χ2v) is 6.41. The molecule has 0 aliphatic rings. The van der Waals surface area contributed by atoms with Crippen molar-refractivity contribution in [2.75, 3.05) is 5.32 Å². The van der Waals surface area contributed by atoms with Crippen molar-refractivity contribution in [2.24, 2.45) is 0 Å². The first-order valence-electron chi connectivity index (χ1n) is 7.18. The molecule has 2 aromatic carbocycles.